The standard InChI is InChI=1S/C25H26ClN3O3/c1-14-6-8-19-17(12-22(30)31)13-29(24(19)27-14)21-9-7-18(26)10-16(21)11-20-15(2)28-32-23(20)25(3,4)5/h6-10,13H,11-12H2,1-5H3,(H,30,31). The second-order valence-corrected chi connectivity index (χ2v) is 9.63. The first-order valence-electron chi connectivity index (χ1n) is 10.5. The van der Waals surface area contributed by atoms with Gasteiger partial charge >= 0.3 is 5.97 Å². The van der Waals surface area contributed by atoms with E-state index in [4.69, 9.17) is 21.1 Å². The van der Waals surface area contributed by atoms with Gasteiger partial charge in [0.1, 0.15) is 11.4 Å². The van der Waals surface area contributed by atoms with Gasteiger partial charge in [-0.2, -0.15) is 0 Å². The van der Waals surface area contributed by atoms with Crippen molar-refractivity contribution in [3.63, 3.8) is 0 Å². The predicted octanol–water partition coefficient (Wildman–Crippen LogP) is 5.80. The maximum atomic E-state index is 11.5. The van der Waals surface area contributed by atoms with Crippen LogP contribution >= 0.6 is 11.6 Å². The molecule has 0 saturated heterocycles. The maximum Gasteiger partial charge on any atom is 0.307 e. The van der Waals surface area contributed by atoms with E-state index in [2.05, 4.69) is 25.9 Å². The number of hydrogen-bond donors (Lipinski definition) is 1. The predicted molar refractivity (Wildman–Crippen MR) is 125 cm³/mol. The molecule has 4 aromatic rings. The number of aryl methyl sites for hydroxylation is 2. The number of fused-ring (bicyclic) bond motifs is 1. The fourth-order valence-electron chi connectivity index (χ4n) is 4.06. The van der Waals surface area contributed by atoms with E-state index in [1.54, 1.807) is 0 Å². The van der Waals surface area contributed by atoms with Crippen molar-refractivity contribution in [2.45, 2.75) is 52.9 Å². The average molecular weight is 452 g/mol. The number of halogens is 1. The molecule has 1 N–H and O–H groups in total. The molecular weight excluding hydrogens is 426 g/mol. The van der Waals surface area contributed by atoms with Gasteiger partial charge in [-0.15, -0.1) is 0 Å². The number of aliphatic carboxylic acids is 1. The van der Waals surface area contributed by atoms with Gasteiger partial charge in [0.15, 0.2) is 0 Å². The molecule has 0 atom stereocenters. The second-order valence-electron chi connectivity index (χ2n) is 9.19. The molecule has 3 heterocycles. The van der Waals surface area contributed by atoms with Crippen LogP contribution in [-0.4, -0.2) is 25.8 Å². The van der Waals surface area contributed by atoms with Crippen molar-refractivity contribution >= 4 is 28.6 Å². The summed E-state index contributed by atoms with van der Waals surface area (Å²) in [5.74, 6) is -0.0327. The zero-order valence-corrected chi connectivity index (χ0v) is 19.6. The SMILES string of the molecule is Cc1ccc2c(CC(=O)O)cn(-c3ccc(Cl)cc3Cc3c(C)noc3C(C)(C)C)c2n1. The van der Waals surface area contributed by atoms with E-state index >= 15 is 0 Å². The monoisotopic (exact) mass is 451 g/mol. The summed E-state index contributed by atoms with van der Waals surface area (Å²) in [5.41, 5.74) is 5.87. The summed E-state index contributed by atoms with van der Waals surface area (Å²) >= 11 is 6.39. The smallest absolute Gasteiger partial charge is 0.307 e. The number of carboxylic acids is 1. The molecule has 4 rings (SSSR count). The van der Waals surface area contributed by atoms with Gasteiger partial charge in [0.2, 0.25) is 0 Å². The van der Waals surface area contributed by atoms with Crippen LogP contribution in [0.4, 0.5) is 0 Å². The van der Waals surface area contributed by atoms with Crippen molar-refractivity contribution in [3.05, 3.63) is 75.4 Å². The molecule has 0 saturated carbocycles. The molecule has 3 aromatic heterocycles. The van der Waals surface area contributed by atoms with Crippen molar-refractivity contribution in [1.29, 1.82) is 0 Å². The summed E-state index contributed by atoms with van der Waals surface area (Å²) in [7, 11) is 0. The normalized spacial score (nSPS) is 11.9. The molecular formula is C25H26ClN3O3. The fourth-order valence-corrected chi connectivity index (χ4v) is 4.25. The minimum absolute atomic E-state index is 0.0733. The Bertz CT molecular complexity index is 1330. The number of rotatable bonds is 5. The largest absolute Gasteiger partial charge is 0.481 e. The zero-order valence-electron chi connectivity index (χ0n) is 18.9. The molecule has 0 aliphatic heterocycles. The molecule has 0 fully saturated rings. The van der Waals surface area contributed by atoms with E-state index < -0.39 is 5.97 Å². The van der Waals surface area contributed by atoms with Crippen molar-refractivity contribution in [2.24, 2.45) is 0 Å². The number of carbonyl (C=O) groups is 1. The summed E-state index contributed by atoms with van der Waals surface area (Å²) in [4.78, 5) is 16.2. The Morgan fingerprint density at radius 2 is 1.91 bits per heavy atom. The second kappa shape index (κ2) is 8.10. The lowest BCUT2D eigenvalue weighted by molar-refractivity contribution is -0.136. The Morgan fingerprint density at radius 1 is 1.16 bits per heavy atom. The number of nitrogens with zero attached hydrogens (tertiary/aromatic N) is 3. The zero-order chi connectivity index (χ0) is 23.2. The number of carboxylic acid groups (broad SMARTS) is 1. The molecule has 6 nitrogen and oxygen atoms in total. The summed E-state index contributed by atoms with van der Waals surface area (Å²) in [6.45, 7) is 10.2. The molecule has 7 heteroatoms. The molecule has 0 aliphatic carbocycles. The number of hydrogen-bond acceptors (Lipinski definition) is 4. The quantitative estimate of drug-likeness (QED) is 0.414. The van der Waals surface area contributed by atoms with Crippen molar-refractivity contribution < 1.29 is 14.4 Å². The highest BCUT2D eigenvalue weighted by atomic mass is 35.5. The van der Waals surface area contributed by atoms with Gasteiger partial charge in [0, 0.05) is 39.7 Å². The van der Waals surface area contributed by atoms with Gasteiger partial charge in [0.05, 0.1) is 17.8 Å². The van der Waals surface area contributed by atoms with Crippen LogP contribution in [0.3, 0.4) is 0 Å². The Kier molecular flexibility index (Phi) is 5.59. The van der Waals surface area contributed by atoms with Crippen LogP contribution in [0.1, 0.15) is 54.6 Å². The summed E-state index contributed by atoms with van der Waals surface area (Å²) in [5, 5.41) is 15.1. The van der Waals surface area contributed by atoms with Crippen molar-refractivity contribution in [2.75, 3.05) is 0 Å². The van der Waals surface area contributed by atoms with Gasteiger partial charge in [-0.05, 0) is 55.3 Å². The molecule has 0 radical (unpaired) electrons. The highest BCUT2D eigenvalue weighted by Crippen LogP contribution is 2.33. The van der Waals surface area contributed by atoms with Gasteiger partial charge < -0.3 is 14.2 Å². The topological polar surface area (TPSA) is 81.1 Å². The van der Waals surface area contributed by atoms with Crippen LogP contribution in [0, 0.1) is 13.8 Å². The van der Waals surface area contributed by atoms with Crippen LogP contribution in [-0.2, 0) is 23.1 Å². The van der Waals surface area contributed by atoms with E-state index in [1.807, 2.05) is 54.9 Å². The molecule has 0 spiro atoms. The Labute approximate surface area is 191 Å². The minimum atomic E-state index is -0.879. The summed E-state index contributed by atoms with van der Waals surface area (Å²) < 4.78 is 7.64. The average Bonchev–Trinajstić information content (AvgIpc) is 3.22. The van der Waals surface area contributed by atoms with E-state index in [9.17, 15) is 9.90 Å². The molecule has 1 aromatic carbocycles. The maximum absolute atomic E-state index is 11.5. The molecule has 32 heavy (non-hydrogen) atoms. The number of aromatic nitrogens is 3. The van der Waals surface area contributed by atoms with Crippen LogP contribution in [0.15, 0.2) is 41.1 Å². The first-order chi connectivity index (χ1) is 15.0. The summed E-state index contributed by atoms with van der Waals surface area (Å²) in [6.07, 6.45) is 2.37. The van der Waals surface area contributed by atoms with Crippen LogP contribution < -0.4 is 0 Å². The molecule has 0 amide bonds. The lowest BCUT2D eigenvalue weighted by Crippen LogP contribution is -2.13. The molecule has 0 bridgehead atoms. The third kappa shape index (κ3) is 4.15. The lowest BCUT2D eigenvalue weighted by atomic mass is 9.87. The van der Waals surface area contributed by atoms with Crippen LogP contribution in [0.5, 0.6) is 0 Å². The van der Waals surface area contributed by atoms with Crippen LogP contribution in [0.2, 0.25) is 5.02 Å². The third-order valence-electron chi connectivity index (χ3n) is 5.55. The van der Waals surface area contributed by atoms with Gasteiger partial charge in [-0.25, -0.2) is 4.98 Å². The van der Waals surface area contributed by atoms with Gasteiger partial charge in [0.25, 0.3) is 0 Å². The minimum Gasteiger partial charge on any atom is -0.481 e. The lowest BCUT2D eigenvalue weighted by Gasteiger charge is -2.18. The fraction of sp³-hybridized carbons (Fsp3) is 0.320. The first-order valence-corrected chi connectivity index (χ1v) is 10.9. The molecule has 0 unspecified atom stereocenters. The third-order valence-corrected chi connectivity index (χ3v) is 5.78. The highest BCUT2D eigenvalue weighted by molar-refractivity contribution is 6.30. The highest BCUT2D eigenvalue weighted by Gasteiger charge is 2.26. The van der Waals surface area contributed by atoms with E-state index in [1.165, 1.54) is 0 Å². The van der Waals surface area contributed by atoms with Crippen molar-refractivity contribution in [1.82, 2.24) is 14.7 Å². The number of benzene rings is 1. The Balaban J connectivity index is 1.91. The van der Waals surface area contributed by atoms with E-state index in [0.717, 1.165) is 50.6 Å². The summed E-state index contributed by atoms with van der Waals surface area (Å²) in [6, 6.07) is 9.56. The van der Waals surface area contributed by atoms with Gasteiger partial charge in [-0.3, -0.25) is 4.79 Å². The van der Waals surface area contributed by atoms with Crippen molar-refractivity contribution in [3.8, 4) is 5.69 Å². The molecule has 0 aliphatic rings. The van der Waals surface area contributed by atoms with Crippen LogP contribution in [0.25, 0.3) is 16.7 Å². The Hall–Kier alpha value is -3.12. The molecule has 166 valence electrons. The van der Waals surface area contributed by atoms with Gasteiger partial charge in [-0.1, -0.05) is 37.5 Å². The number of pyridine rings is 1. The van der Waals surface area contributed by atoms with E-state index in [-0.39, 0.29) is 11.8 Å². The van der Waals surface area contributed by atoms with E-state index in [0.29, 0.717) is 11.4 Å². The first kappa shape index (κ1) is 22.1. The Morgan fingerprint density at radius 3 is 2.59 bits per heavy atom.